The normalized spacial score (nSPS) is 17.8. The topological polar surface area (TPSA) is 124 Å². The Balaban J connectivity index is 1.38. The summed E-state index contributed by atoms with van der Waals surface area (Å²) in [4.78, 5) is 44.9. The number of aromatic nitrogens is 1. The smallest absolute Gasteiger partial charge is 0.326 e. The molecule has 1 unspecified atom stereocenters. The molecule has 3 aromatic rings. The van der Waals surface area contributed by atoms with E-state index in [-0.39, 0.29) is 6.54 Å². The SMILES string of the molecule is COc1nc(-c2cccc(-c3cccc(NC(=O)C4CN(C)C(=O)N(C)C4=O)c3C)c2Cl)ccc1CNCC1(O)CC1. The van der Waals surface area contributed by atoms with Crippen molar-refractivity contribution < 1.29 is 24.2 Å². The van der Waals surface area contributed by atoms with Crippen LogP contribution in [0.3, 0.4) is 0 Å². The van der Waals surface area contributed by atoms with Crippen LogP contribution >= 0.6 is 11.6 Å². The van der Waals surface area contributed by atoms with Gasteiger partial charge in [0.1, 0.15) is 5.92 Å². The van der Waals surface area contributed by atoms with E-state index in [9.17, 15) is 19.5 Å². The Labute approximate surface area is 249 Å². The summed E-state index contributed by atoms with van der Waals surface area (Å²) in [5.74, 6) is -1.56. The molecule has 2 aliphatic rings. The average molecular weight is 592 g/mol. The molecule has 1 saturated heterocycles. The van der Waals surface area contributed by atoms with Gasteiger partial charge in [0.15, 0.2) is 0 Å². The lowest BCUT2D eigenvalue weighted by molar-refractivity contribution is -0.140. The molecule has 0 radical (unpaired) electrons. The fourth-order valence-electron chi connectivity index (χ4n) is 5.11. The van der Waals surface area contributed by atoms with Crippen molar-refractivity contribution in [2.24, 2.45) is 5.92 Å². The highest BCUT2D eigenvalue weighted by Gasteiger charge is 2.40. The number of benzene rings is 2. The molecule has 220 valence electrons. The van der Waals surface area contributed by atoms with E-state index in [0.717, 1.165) is 45.6 Å². The minimum atomic E-state index is -1.01. The van der Waals surface area contributed by atoms with Gasteiger partial charge in [-0.1, -0.05) is 48.0 Å². The number of halogens is 1. The Kier molecular flexibility index (Phi) is 8.23. The Morgan fingerprint density at radius 3 is 2.50 bits per heavy atom. The Morgan fingerprint density at radius 1 is 1.10 bits per heavy atom. The van der Waals surface area contributed by atoms with Gasteiger partial charge in [0.25, 0.3) is 0 Å². The Hall–Kier alpha value is -3.99. The molecule has 2 heterocycles. The molecule has 5 rings (SSSR count). The number of aliphatic hydroxyl groups is 1. The summed E-state index contributed by atoms with van der Waals surface area (Å²) in [5, 5.41) is 16.7. The third-order valence-corrected chi connectivity index (χ3v) is 8.31. The molecule has 10 nitrogen and oxygen atoms in total. The number of methoxy groups -OCH3 is 1. The third kappa shape index (κ3) is 5.83. The Morgan fingerprint density at radius 2 is 1.79 bits per heavy atom. The molecule has 2 aromatic carbocycles. The number of hydrogen-bond donors (Lipinski definition) is 3. The van der Waals surface area contributed by atoms with Crippen molar-refractivity contribution in [1.29, 1.82) is 0 Å². The molecule has 3 N–H and O–H groups in total. The highest BCUT2D eigenvalue weighted by Crippen LogP contribution is 2.39. The number of pyridine rings is 1. The number of hydrogen-bond acceptors (Lipinski definition) is 7. The largest absolute Gasteiger partial charge is 0.481 e. The number of amides is 4. The Bertz CT molecular complexity index is 1560. The van der Waals surface area contributed by atoms with Crippen molar-refractivity contribution in [3.05, 3.63) is 64.7 Å². The number of urea groups is 1. The van der Waals surface area contributed by atoms with Crippen molar-refractivity contribution in [2.45, 2.75) is 31.9 Å². The molecule has 1 saturated carbocycles. The lowest BCUT2D eigenvalue weighted by Crippen LogP contribution is -2.56. The third-order valence-electron chi connectivity index (χ3n) is 7.90. The van der Waals surface area contributed by atoms with Crippen LogP contribution in [-0.2, 0) is 16.1 Å². The fourth-order valence-corrected chi connectivity index (χ4v) is 5.44. The van der Waals surface area contributed by atoms with Gasteiger partial charge in [-0.3, -0.25) is 14.5 Å². The highest BCUT2D eigenvalue weighted by molar-refractivity contribution is 6.36. The number of nitrogens with zero attached hydrogens (tertiary/aromatic N) is 3. The summed E-state index contributed by atoms with van der Waals surface area (Å²) in [6.45, 7) is 2.92. The average Bonchev–Trinajstić information content (AvgIpc) is 3.72. The fraction of sp³-hybridized carbons (Fsp3) is 0.355. The molecule has 11 heteroatoms. The number of ether oxygens (including phenoxy) is 1. The lowest BCUT2D eigenvalue weighted by atomic mass is 9.96. The van der Waals surface area contributed by atoms with Crippen LogP contribution in [0.2, 0.25) is 5.02 Å². The summed E-state index contributed by atoms with van der Waals surface area (Å²) < 4.78 is 5.56. The standard InChI is InChI=1S/C31H34ClN5O5/c1-18-20(7-6-10-24(18)34-27(38)23-16-36(2)30(40)37(3)29(23)39)21-8-5-9-22(26(21)32)25-12-11-19(28(35-25)42-4)15-33-17-31(41)13-14-31/h5-12,23,33,41H,13-17H2,1-4H3,(H,34,38). The second kappa shape index (κ2) is 11.7. The number of rotatable bonds is 9. The summed E-state index contributed by atoms with van der Waals surface area (Å²) in [5.41, 5.74) is 4.52. The van der Waals surface area contributed by atoms with Crippen molar-refractivity contribution in [3.8, 4) is 28.3 Å². The maximum Gasteiger partial charge on any atom is 0.326 e. The van der Waals surface area contributed by atoms with Crippen molar-refractivity contribution >= 4 is 35.1 Å². The predicted octanol–water partition coefficient (Wildman–Crippen LogP) is 4.08. The van der Waals surface area contributed by atoms with Gasteiger partial charge in [0.2, 0.25) is 17.7 Å². The van der Waals surface area contributed by atoms with Gasteiger partial charge < -0.3 is 25.4 Å². The van der Waals surface area contributed by atoms with Gasteiger partial charge in [0, 0.05) is 56.1 Å². The quantitative estimate of drug-likeness (QED) is 0.320. The maximum atomic E-state index is 13.1. The van der Waals surface area contributed by atoms with E-state index >= 15 is 0 Å². The number of imide groups is 1. The van der Waals surface area contributed by atoms with Crippen molar-refractivity contribution in [1.82, 2.24) is 20.1 Å². The van der Waals surface area contributed by atoms with Gasteiger partial charge in [-0.05, 0) is 43.0 Å². The zero-order valence-electron chi connectivity index (χ0n) is 24.0. The van der Waals surface area contributed by atoms with Crippen LogP contribution in [0.15, 0.2) is 48.5 Å². The van der Waals surface area contributed by atoms with E-state index in [1.807, 2.05) is 49.4 Å². The molecular formula is C31H34ClN5O5. The molecule has 42 heavy (non-hydrogen) atoms. The minimum absolute atomic E-state index is 0.00792. The molecule has 0 spiro atoms. The van der Waals surface area contributed by atoms with E-state index in [4.69, 9.17) is 21.3 Å². The number of carbonyl (C=O) groups is 3. The first kappa shape index (κ1) is 29.5. The van der Waals surface area contributed by atoms with Gasteiger partial charge in [-0.2, -0.15) is 0 Å². The van der Waals surface area contributed by atoms with Gasteiger partial charge in [0.05, 0.1) is 23.4 Å². The second-order valence-corrected chi connectivity index (χ2v) is 11.3. The monoisotopic (exact) mass is 591 g/mol. The lowest BCUT2D eigenvalue weighted by Gasteiger charge is -2.33. The first-order valence-corrected chi connectivity index (χ1v) is 14.1. The van der Waals surface area contributed by atoms with Gasteiger partial charge in [-0.15, -0.1) is 0 Å². The summed E-state index contributed by atoms with van der Waals surface area (Å²) in [6.07, 6.45) is 1.63. The highest BCUT2D eigenvalue weighted by atomic mass is 35.5. The van der Waals surface area contributed by atoms with Crippen molar-refractivity contribution in [2.75, 3.05) is 39.6 Å². The van der Waals surface area contributed by atoms with Crippen LogP contribution in [0.4, 0.5) is 10.5 Å². The van der Waals surface area contributed by atoms with Crippen LogP contribution in [0.25, 0.3) is 22.4 Å². The predicted molar refractivity (Wildman–Crippen MR) is 160 cm³/mol. The van der Waals surface area contributed by atoms with Crippen molar-refractivity contribution in [3.63, 3.8) is 0 Å². The molecule has 2 fully saturated rings. The molecule has 1 aliphatic carbocycles. The molecule has 1 aliphatic heterocycles. The van der Waals surface area contributed by atoms with Gasteiger partial charge in [-0.25, -0.2) is 9.78 Å². The van der Waals surface area contributed by atoms with Crippen LogP contribution in [0.5, 0.6) is 5.88 Å². The van der Waals surface area contributed by atoms with E-state index in [0.29, 0.717) is 35.4 Å². The molecule has 0 bridgehead atoms. The zero-order valence-corrected chi connectivity index (χ0v) is 24.8. The van der Waals surface area contributed by atoms with E-state index in [1.165, 1.54) is 11.9 Å². The minimum Gasteiger partial charge on any atom is -0.481 e. The van der Waals surface area contributed by atoms with Crippen LogP contribution in [0.1, 0.15) is 24.0 Å². The van der Waals surface area contributed by atoms with Crippen LogP contribution in [0, 0.1) is 12.8 Å². The number of anilines is 1. The van der Waals surface area contributed by atoms with Crippen LogP contribution in [-0.4, -0.2) is 77.6 Å². The molecule has 4 amide bonds. The zero-order chi connectivity index (χ0) is 30.2. The van der Waals surface area contributed by atoms with E-state index in [2.05, 4.69) is 10.6 Å². The summed E-state index contributed by atoms with van der Waals surface area (Å²) in [6, 6.07) is 14.6. The molecular weight excluding hydrogens is 558 g/mol. The maximum absolute atomic E-state index is 13.1. The number of nitrogens with one attached hydrogen (secondary N) is 2. The van der Waals surface area contributed by atoms with E-state index < -0.39 is 29.4 Å². The second-order valence-electron chi connectivity index (χ2n) is 10.9. The molecule has 1 aromatic heterocycles. The summed E-state index contributed by atoms with van der Waals surface area (Å²) in [7, 11) is 4.50. The summed E-state index contributed by atoms with van der Waals surface area (Å²) >= 11 is 6.97. The number of carbonyl (C=O) groups excluding carboxylic acids is 3. The molecule has 1 atom stereocenters. The van der Waals surface area contributed by atoms with Crippen LogP contribution < -0.4 is 15.4 Å². The first-order valence-electron chi connectivity index (χ1n) is 13.7. The first-order chi connectivity index (χ1) is 20.0. The van der Waals surface area contributed by atoms with E-state index in [1.54, 1.807) is 20.2 Å². The van der Waals surface area contributed by atoms with Gasteiger partial charge >= 0.3 is 6.03 Å².